The van der Waals surface area contributed by atoms with Crippen molar-refractivity contribution in [3.8, 4) is 5.75 Å². The molecule has 10 heteroatoms. The van der Waals surface area contributed by atoms with Crippen LogP contribution in [0.2, 0.25) is 0 Å². The van der Waals surface area contributed by atoms with E-state index in [4.69, 9.17) is 9.47 Å². The molecule has 0 bridgehead atoms. The fourth-order valence-electron chi connectivity index (χ4n) is 4.82. The number of nitrogens with one attached hydrogen (secondary N) is 1. The second-order valence-corrected chi connectivity index (χ2v) is 10.6. The van der Waals surface area contributed by atoms with Crippen LogP contribution in [0.15, 0.2) is 29.3 Å². The van der Waals surface area contributed by atoms with Gasteiger partial charge >= 0.3 is 6.18 Å². The predicted molar refractivity (Wildman–Crippen MR) is 129 cm³/mol. The molecule has 2 saturated heterocycles. The molecule has 2 aromatic rings. The minimum Gasteiger partial charge on any atom is -0.491 e. The second-order valence-electron chi connectivity index (χ2n) is 10.6. The maximum absolute atomic E-state index is 13.5. The summed E-state index contributed by atoms with van der Waals surface area (Å²) in [6.45, 7) is 8.49. The molecule has 0 aliphatic carbocycles. The number of amides is 1. The summed E-state index contributed by atoms with van der Waals surface area (Å²) in [5.74, 6) is -0.675. The van der Waals surface area contributed by atoms with Gasteiger partial charge in [0.2, 0.25) is 0 Å². The molecule has 2 atom stereocenters. The molecule has 0 radical (unpaired) electrons. The Hall–Kier alpha value is -2.59. The summed E-state index contributed by atoms with van der Waals surface area (Å²) in [6, 6.07) is 4.91. The van der Waals surface area contributed by atoms with E-state index in [9.17, 15) is 18.0 Å². The van der Waals surface area contributed by atoms with E-state index in [-0.39, 0.29) is 35.5 Å². The van der Waals surface area contributed by atoms with Gasteiger partial charge in [-0.05, 0) is 50.4 Å². The van der Waals surface area contributed by atoms with Gasteiger partial charge in [0.05, 0.1) is 23.8 Å². The molecule has 7 nitrogen and oxygen atoms in total. The van der Waals surface area contributed by atoms with Gasteiger partial charge in [0.25, 0.3) is 5.91 Å². The highest BCUT2D eigenvalue weighted by molar-refractivity contribution is 5.97. The Labute approximate surface area is 209 Å². The first kappa shape index (κ1) is 26.5. The maximum atomic E-state index is 13.5. The number of nitrogens with zero attached hydrogens (tertiary/aromatic N) is 3. The number of alkyl halides is 3. The summed E-state index contributed by atoms with van der Waals surface area (Å²) >= 11 is 0. The average molecular weight is 509 g/mol. The Morgan fingerprint density at radius 3 is 2.58 bits per heavy atom. The van der Waals surface area contributed by atoms with E-state index in [1.807, 2.05) is 22.5 Å². The lowest BCUT2D eigenvalue weighted by Gasteiger charge is -2.21. The highest BCUT2D eigenvalue weighted by Gasteiger charge is 2.32. The zero-order valence-corrected chi connectivity index (χ0v) is 21.3. The zero-order chi connectivity index (χ0) is 26.1. The van der Waals surface area contributed by atoms with Gasteiger partial charge in [-0.2, -0.15) is 18.2 Å². The molecule has 0 saturated carbocycles. The van der Waals surface area contributed by atoms with Crippen molar-refractivity contribution in [1.29, 1.82) is 0 Å². The summed E-state index contributed by atoms with van der Waals surface area (Å²) in [5, 5.41) is 3.28. The number of carbonyl (C=O) groups excluding carboxylic acids is 1. The largest absolute Gasteiger partial charge is 0.491 e. The maximum Gasteiger partial charge on any atom is 0.416 e. The van der Waals surface area contributed by atoms with E-state index in [0.717, 1.165) is 50.1 Å². The molecule has 2 aliphatic rings. The highest BCUT2D eigenvalue weighted by atomic mass is 19.4. The van der Waals surface area contributed by atoms with E-state index in [1.54, 1.807) is 0 Å². The molecule has 4 rings (SSSR count). The van der Waals surface area contributed by atoms with Crippen LogP contribution in [0.5, 0.6) is 5.75 Å². The van der Waals surface area contributed by atoms with Crippen LogP contribution in [0.4, 0.5) is 13.2 Å². The summed E-state index contributed by atoms with van der Waals surface area (Å²) in [7, 11) is 1.90. The van der Waals surface area contributed by atoms with Crippen LogP contribution < -0.4 is 15.5 Å². The van der Waals surface area contributed by atoms with Crippen LogP contribution in [0.25, 0.3) is 0 Å². The van der Waals surface area contributed by atoms with E-state index in [2.05, 4.69) is 31.1 Å². The normalized spacial score (nSPS) is 21.4. The van der Waals surface area contributed by atoms with E-state index in [1.165, 1.54) is 6.07 Å². The number of aromatic nitrogens is 2. The number of carbonyl (C=O) groups is 1. The van der Waals surface area contributed by atoms with Crippen molar-refractivity contribution in [1.82, 2.24) is 14.7 Å². The van der Waals surface area contributed by atoms with Crippen LogP contribution in [0.1, 0.15) is 68.1 Å². The van der Waals surface area contributed by atoms with Crippen molar-refractivity contribution in [2.75, 3.05) is 19.8 Å². The van der Waals surface area contributed by atoms with Gasteiger partial charge in [0, 0.05) is 36.9 Å². The van der Waals surface area contributed by atoms with Crippen LogP contribution in [0.3, 0.4) is 0 Å². The summed E-state index contributed by atoms with van der Waals surface area (Å²) in [5.41, 5.74) is -0.0258. The van der Waals surface area contributed by atoms with Crippen molar-refractivity contribution in [2.45, 2.75) is 76.7 Å². The summed E-state index contributed by atoms with van der Waals surface area (Å²) in [6.07, 6.45) is -0.807. The quantitative estimate of drug-likeness (QED) is 0.635. The van der Waals surface area contributed by atoms with Crippen molar-refractivity contribution < 1.29 is 27.4 Å². The third-order valence-corrected chi connectivity index (χ3v) is 6.77. The lowest BCUT2D eigenvalue weighted by Crippen LogP contribution is -2.30. The first-order valence-electron chi connectivity index (χ1n) is 12.5. The lowest BCUT2D eigenvalue weighted by molar-refractivity contribution is -0.137. The minimum absolute atomic E-state index is 0.00756. The van der Waals surface area contributed by atoms with Crippen LogP contribution in [0, 0.1) is 0 Å². The molecule has 1 aromatic carbocycles. The molecular weight excluding hydrogens is 473 g/mol. The van der Waals surface area contributed by atoms with E-state index >= 15 is 0 Å². The fraction of sp³-hybridized carbons (Fsp3) is 0.615. The zero-order valence-electron chi connectivity index (χ0n) is 21.3. The molecule has 36 heavy (non-hydrogen) atoms. The van der Waals surface area contributed by atoms with Crippen molar-refractivity contribution in [2.24, 2.45) is 12.0 Å². The molecule has 0 spiro atoms. The van der Waals surface area contributed by atoms with Crippen LogP contribution in [-0.2, 0) is 29.9 Å². The molecule has 1 N–H and O–H groups in total. The van der Waals surface area contributed by atoms with Crippen molar-refractivity contribution in [3.05, 3.63) is 46.6 Å². The smallest absolute Gasteiger partial charge is 0.416 e. The molecule has 2 aliphatic heterocycles. The highest BCUT2D eigenvalue weighted by Crippen LogP contribution is 2.33. The molecule has 1 amide bonds. The Balaban J connectivity index is 1.74. The van der Waals surface area contributed by atoms with Crippen molar-refractivity contribution in [3.63, 3.8) is 0 Å². The first-order chi connectivity index (χ1) is 16.9. The second kappa shape index (κ2) is 10.4. The SMILES string of the molecule is Cn1c(C(C)(C)C)c/c(=N\C(=O)c2cc(C(F)(F)F)ccc2OC[C@@H]2CCCN2)n1C[C@H]1CCCO1. The van der Waals surface area contributed by atoms with Gasteiger partial charge in [0.15, 0.2) is 5.49 Å². The number of ether oxygens (including phenoxy) is 2. The Morgan fingerprint density at radius 1 is 1.19 bits per heavy atom. The Bertz CT molecular complexity index is 1150. The molecule has 2 fully saturated rings. The third-order valence-electron chi connectivity index (χ3n) is 6.77. The van der Waals surface area contributed by atoms with E-state index < -0.39 is 17.6 Å². The first-order valence-corrected chi connectivity index (χ1v) is 12.5. The van der Waals surface area contributed by atoms with Crippen molar-refractivity contribution >= 4 is 5.91 Å². The number of hydrogen-bond acceptors (Lipinski definition) is 4. The number of hydrogen-bond donors (Lipinski definition) is 1. The number of halogens is 3. The van der Waals surface area contributed by atoms with Crippen LogP contribution in [-0.4, -0.2) is 47.2 Å². The number of benzene rings is 1. The lowest BCUT2D eigenvalue weighted by atomic mass is 9.92. The molecule has 1 aromatic heterocycles. The monoisotopic (exact) mass is 508 g/mol. The Morgan fingerprint density at radius 2 is 1.97 bits per heavy atom. The van der Waals surface area contributed by atoms with Gasteiger partial charge in [-0.3, -0.25) is 14.2 Å². The Kier molecular flexibility index (Phi) is 7.66. The summed E-state index contributed by atoms with van der Waals surface area (Å²) in [4.78, 5) is 17.7. The molecule has 198 valence electrons. The van der Waals surface area contributed by atoms with Gasteiger partial charge in [-0.25, -0.2) is 0 Å². The predicted octanol–water partition coefficient (Wildman–Crippen LogP) is 4.19. The third kappa shape index (κ3) is 6.03. The molecular formula is C26H35F3N4O3. The van der Waals surface area contributed by atoms with Crippen LogP contribution >= 0.6 is 0 Å². The van der Waals surface area contributed by atoms with Gasteiger partial charge in [0.1, 0.15) is 12.4 Å². The standard InChI is InChI=1S/C26H35F3N4O3/c1-25(2,3)22-14-23(33(32(22)4)15-19-8-6-12-35-19)31-24(34)20-13-17(26(27,28)29)9-10-21(20)36-16-18-7-5-11-30-18/h9-10,13-14,18-19,30H,5-8,11-12,15-16H2,1-4H3/b31-23+/t18-,19+/m0/s1. The topological polar surface area (TPSA) is 69.8 Å². The minimum atomic E-state index is -4.59. The summed E-state index contributed by atoms with van der Waals surface area (Å²) < 4.78 is 55.9. The molecule has 0 unspecified atom stereocenters. The molecule has 3 heterocycles. The van der Waals surface area contributed by atoms with E-state index in [0.29, 0.717) is 18.6 Å². The fourth-order valence-corrected chi connectivity index (χ4v) is 4.82. The van der Waals surface area contributed by atoms with Gasteiger partial charge in [-0.15, -0.1) is 0 Å². The van der Waals surface area contributed by atoms with Gasteiger partial charge in [-0.1, -0.05) is 20.8 Å². The number of rotatable bonds is 6. The average Bonchev–Trinajstić information content (AvgIpc) is 3.55. The van der Waals surface area contributed by atoms with Gasteiger partial charge < -0.3 is 14.8 Å².